The molecular weight excluding hydrogens is 204 g/mol. The number of carbonyl (C=O) groups excluding carboxylic acids is 1. The quantitative estimate of drug-likeness (QED) is 0.730. The van der Waals surface area contributed by atoms with Crippen molar-refractivity contribution < 1.29 is 9.90 Å². The van der Waals surface area contributed by atoms with Crippen LogP contribution in [0.5, 0.6) is 0 Å². The van der Waals surface area contributed by atoms with E-state index in [0.29, 0.717) is 6.54 Å². The number of rotatable bonds is 5. The molecule has 0 radical (unpaired) electrons. The van der Waals surface area contributed by atoms with Crippen LogP contribution in [-0.2, 0) is 4.79 Å². The van der Waals surface area contributed by atoms with Gasteiger partial charge in [0, 0.05) is 12.6 Å². The van der Waals surface area contributed by atoms with E-state index < -0.39 is 0 Å². The average molecular weight is 228 g/mol. The van der Waals surface area contributed by atoms with E-state index in [1.165, 1.54) is 0 Å². The number of carbonyl (C=O) groups is 1. The SMILES string of the molecule is CCCNC(=O)CN1CCCCC1C(C)O. The molecule has 4 heteroatoms. The largest absolute Gasteiger partial charge is 0.392 e. The summed E-state index contributed by atoms with van der Waals surface area (Å²) in [7, 11) is 0. The van der Waals surface area contributed by atoms with Crippen LogP contribution >= 0.6 is 0 Å². The molecule has 0 saturated carbocycles. The van der Waals surface area contributed by atoms with E-state index in [9.17, 15) is 9.90 Å². The molecule has 1 fully saturated rings. The first kappa shape index (κ1) is 13.5. The van der Waals surface area contributed by atoms with Gasteiger partial charge in [0.05, 0.1) is 12.6 Å². The summed E-state index contributed by atoms with van der Waals surface area (Å²) in [6.07, 6.45) is 3.90. The van der Waals surface area contributed by atoms with Gasteiger partial charge in [-0.25, -0.2) is 0 Å². The Kier molecular flexibility index (Phi) is 5.77. The summed E-state index contributed by atoms with van der Waals surface area (Å²) in [5.41, 5.74) is 0. The summed E-state index contributed by atoms with van der Waals surface area (Å²) in [5.74, 6) is 0.0781. The molecule has 1 amide bonds. The number of hydrogen-bond acceptors (Lipinski definition) is 3. The minimum absolute atomic E-state index is 0.0781. The highest BCUT2D eigenvalue weighted by Crippen LogP contribution is 2.19. The van der Waals surface area contributed by atoms with Gasteiger partial charge in [-0.05, 0) is 32.7 Å². The Hall–Kier alpha value is -0.610. The molecule has 94 valence electrons. The molecule has 1 saturated heterocycles. The Balaban J connectivity index is 2.40. The summed E-state index contributed by atoms with van der Waals surface area (Å²) in [6, 6.07) is 0.154. The van der Waals surface area contributed by atoms with Crippen LogP contribution in [0.1, 0.15) is 39.5 Å². The number of nitrogens with zero attached hydrogens (tertiary/aromatic N) is 1. The third kappa shape index (κ3) is 4.10. The van der Waals surface area contributed by atoms with E-state index in [1.807, 2.05) is 13.8 Å². The number of amides is 1. The van der Waals surface area contributed by atoms with Crippen molar-refractivity contribution in [2.24, 2.45) is 0 Å². The number of piperidine rings is 1. The first-order valence-corrected chi connectivity index (χ1v) is 6.34. The zero-order valence-electron chi connectivity index (χ0n) is 10.4. The molecule has 0 aromatic carbocycles. The van der Waals surface area contributed by atoms with E-state index >= 15 is 0 Å². The van der Waals surface area contributed by atoms with Crippen molar-refractivity contribution in [2.45, 2.75) is 51.7 Å². The van der Waals surface area contributed by atoms with Crippen molar-refractivity contribution >= 4 is 5.91 Å². The van der Waals surface area contributed by atoms with Gasteiger partial charge in [0.25, 0.3) is 0 Å². The molecule has 1 heterocycles. The predicted octanol–water partition coefficient (Wildman–Crippen LogP) is 0.748. The fourth-order valence-electron chi connectivity index (χ4n) is 2.26. The van der Waals surface area contributed by atoms with Gasteiger partial charge in [-0.1, -0.05) is 13.3 Å². The van der Waals surface area contributed by atoms with Gasteiger partial charge in [-0.3, -0.25) is 9.69 Å². The monoisotopic (exact) mass is 228 g/mol. The first-order valence-electron chi connectivity index (χ1n) is 6.34. The second kappa shape index (κ2) is 6.86. The molecular formula is C12H24N2O2. The van der Waals surface area contributed by atoms with Crippen molar-refractivity contribution in [3.05, 3.63) is 0 Å². The van der Waals surface area contributed by atoms with Crippen molar-refractivity contribution in [1.82, 2.24) is 10.2 Å². The standard InChI is InChI=1S/C12H24N2O2/c1-3-7-13-12(16)9-14-8-5-4-6-11(14)10(2)15/h10-11,15H,3-9H2,1-2H3,(H,13,16). The summed E-state index contributed by atoms with van der Waals surface area (Å²) in [6.45, 7) is 5.95. The average Bonchev–Trinajstić information content (AvgIpc) is 2.27. The summed E-state index contributed by atoms with van der Waals surface area (Å²) >= 11 is 0. The predicted molar refractivity (Wildman–Crippen MR) is 64.2 cm³/mol. The van der Waals surface area contributed by atoms with Crippen molar-refractivity contribution in [3.8, 4) is 0 Å². The Bertz CT molecular complexity index is 219. The Morgan fingerprint density at radius 3 is 2.94 bits per heavy atom. The van der Waals surface area contributed by atoms with Crippen LogP contribution in [0.4, 0.5) is 0 Å². The molecule has 16 heavy (non-hydrogen) atoms. The molecule has 1 rings (SSSR count). The molecule has 0 aromatic rings. The highest BCUT2D eigenvalue weighted by Gasteiger charge is 2.27. The van der Waals surface area contributed by atoms with E-state index in [0.717, 1.165) is 38.8 Å². The van der Waals surface area contributed by atoms with Crippen LogP contribution < -0.4 is 5.32 Å². The maximum Gasteiger partial charge on any atom is 0.234 e. The summed E-state index contributed by atoms with van der Waals surface area (Å²) in [4.78, 5) is 13.7. The second-order valence-electron chi connectivity index (χ2n) is 4.62. The number of likely N-dealkylation sites (tertiary alicyclic amines) is 1. The van der Waals surface area contributed by atoms with Crippen molar-refractivity contribution in [1.29, 1.82) is 0 Å². The van der Waals surface area contributed by atoms with E-state index in [4.69, 9.17) is 0 Å². The minimum atomic E-state index is -0.348. The van der Waals surface area contributed by atoms with Crippen LogP contribution in [0.15, 0.2) is 0 Å². The molecule has 2 N–H and O–H groups in total. The fourth-order valence-corrected chi connectivity index (χ4v) is 2.26. The lowest BCUT2D eigenvalue weighted by molar-refractivity contribution is -0.123. The van der Waals surface area contributed by atoms with Crippen LogP contribution in [0.25, 0.3) is 0 Å². The van der Waals surface area contributed by atoms with Gasteiger partial charge in [0.15, 0.2) is 0 Å². The van der Waals surface area contributed by atoms with Crippen LogP contribution in [-0.4, -0.2) is 47.7 Å². The van der Waals surface area contributed by atoms with E-state index in [1.54, 1.807) is 0 Å². The zero-order chi connectivity index (χ0) is 12.0. The number of aliphatic hydroxyl groups is 1. The maximum absolute atomic E-state index is 11.6. The Labute approximate surface area is 98.0 Å². The van der Waals surface area contributed by atoms with Crippen molar-refractivity contribution in [2.75, 3.05) is 19.6 Å². The molecule has 0 bridgehead atoms. The maximum atomic E-state index is 11.6. The van der Waals surface area contributed by atoms with Crippen LogP contribution in [0, 0.1) is 0 Å². The number of nitrogens with one attached hydrogen (secondary N) is 1. The van der Waals surface area contributed by atoms with Gasteiger partial charge in [0.1, 0.15) is 0 Å². The molecule has 2 unspecified atom stereocenters. The molecule has 1 aliphatic heterocycles. The van der Waals surface area contributed by atoms with Gasteiger partial charge in [-0.2, -0.15) is 0 Å². The lowest BCUT2D eigenvalue weighted by Gasteiger charge is -2.36. The lowest BCUT2D eigenvalue weighted by Crippen LogP contribution is -2.49. The fraction of sp³-hybridized carbons (Fsp3) is 0.917. The summed E-state index contributed by atoms with van der Waals surface area (Å²) < 4.78 is 0. The molecule has 4 nitrogen and oxygen atoms in total. The first-order chi connectivity index (χ1) is 7.65. The minimum Gasteiger partial charge on any atom is -0.392 e. The van der Waals surface area contributed by atoms with E-state index in [2.05, 4.69) is 10.2 Å². The van der Waals surface area contributed by atoms with Gasteiger partial charge < -0.3 is 10.4 Å². The topological polar surface area (TPSA) is 52.6 Å². The molecule has 0 aliphatic carbocycles. The molecule has 2 atom stereocenters. The molecule has 1 aliphatic rings. The summed E-state index contributed by atoms with van der Waals surface area (Å²) in [5, 5.41) is 12.5. The normalized spacial score (nSPS) is 24.1. The second-order valence-corrected chi connectivity index (χ2v) is 4.62. The number of aliphatic hydroxyl groups excluding tert-OH is 1. The third-order valence-electron chi connectivity index (χ3n) is 3.14. The number of hydrogen-bond donors (Lipinski definition) is 2. The Morgan fingerprint density at radius 1 is 1.56 bits per heavy atom. The smallest absolute Gasteiger partial charge is 0.234 e. The molecule has 0 aromatic heterocycles. The molecule has 0 spiro atoms. The highest BCUT2D eigenvalue weighted by molar-refractivity contribution is 5.78. The van der Waals surface area contributed by atoms with Crippen molar-refractivity contribution in [3.63, 3.8) is 0 Å². The van der Waals surface area contributed by atoms with Crippen LogP contribution in [0.3, 0.4) is 0 Å². The zero-order valence-corrected chi connectivity index (χ0v) is 10.4. The highest BCUT2D eigenvalue weighted by atomic mass is 16.3. The lowest BCUT2D eigenvalue weighted by atomic mass is 9.98. The van der Waals surface area contributed by atoms with Gasteiger partial charge in [0.2, 0.25) is 5.91 Å². The van der Waals surface area contributed by atoms with E-state index in [-0.39, 0.29) is 18.1 Å². The van der Waals surface area contributed by atoms with Gasteiger partial charge >= 0.3 is 0 Å². The van der Waals surface area contributed by atoms with Gasteiger partial charge in [-0.15, -0.1) is 0 Å². The Morgan fingerprint density at radius 2 is 2.31 bits per heavy atom. The van der Waals surface area contributed by atoms with Crippen LogP contribution in [0.2, 0.25) is 0 Å². The third-order valence-corrected chi connectivity index (χ3v) is 3.14.